The van der Waals surface area contributed by atoms with E-state index >= 15 is 0 Å². The topological polar surface area (TPSA) is 3.24 Å². The van der Waals surface area contributed by atoms with Gasteiger partial charge in [0, 0.05) is 6.04 Å². The maximum atomic E-state index is 12.1. The van der Waals surface area contributed by atoms with Crippen LogP contribution in [0.5, 0.6) is 0 Å². The van der Waals surface area contributed by atoms with Crippen LogP contribution in [0.25, 0.3) is 0 Å². The average molecular weight is 117 g/mol. The second-order valence-corrected chi connectivity index (χ2v) is 2.69. The molecular weight excluding hydrogens is 105 g/mol. The highest BCUT2D eigenvalue weighted by molar-refractivity contribution is 4.84. The van der Waals surface area contributed by atoms with E-state index < -0.39 is 6.17 Å². The molecule has 1 saturated carbocycles. The Morgan fingerprint density at radius 1 is 1.38 bits per heavy atom. The van der Waals surface area contributed by atoms with Crippen molar-refractivity contribution in [3.8, 4) is 0 Å². The number of nitrogens with zero attached hydrogens (tertiary/aromatic N) is 1. The Kier molecular flexibility index (Phi) is 1.52. The molecule has 1 rings (SSSR count). The van der Waals surface area contributed by atoms with Crippen molar-refractivity contribution in [1.82, 2.24) is 4.90 Å². The van der Waals surface area contributed by atoms with E-state index in [0.29, 0.717) is 6.04 Å². The summed E-state index contributed by atoms with van der Waals surface area (Å²) in [5.74, 6) is 0. The monoisotopic (exact) mass is 117 g/mol. The van der Waals surface area contributed by atoms with Crippen molar-refractivity contribution in [2.45, 2.75) is 25.1 Å². The van der Waals surface area contributed by atoms with E-state index in [1.165, 1.54) is 0 Å². The SMILES string of the molecule is CN(C)C1CC(F)C1. The predicted octanol–water partition coefficient (Wildman–Crippen LogP) is 1.05. The molecule has 0 N–H and O–H groups in total. The summed E-state index contributed by atoms with van der Waals surface area (Å²) in [5, 5.41) is 0. The lowest BCUT2D eigenvalue weighted by atomic mass is 9.90. The molecule has 0 unspecified atom stereocenters. The molecule has 0 radical (unpaired) electrons. The summed E-state index contributed by atoms with van der Waals surface area (Å²) < 4.78 is 12.1. The molecule has 1 aliphatic rings. The maximum Gasteiger partial charge on any atom is 0.103 e. The van der Waals surface area contributed by atoms with E-state index in [9.17, 15) is 4.39 Å². The van der Waals surface area contributed by atoms with Crippen LogP contribution in [0, 0.1) is 0 Å². The fourth-order valence-corrected chi connectivity index (χ4v) is 0.943. The number of alkyl halides is 1. The zero-order valence-corrected chi connectivity index (χ0v) is 5.39. The van der Waals surface area contributed by atoms with Gasteiger partial charge in [-0.1, -0.05) is 0 Å². The lowest BCUT2D eigenvalue weighted by molar-refractivity contribution is 0.0881. The van der Waals surface area contributed by atoms with Gasteiger partial charge in [0.15, 0.2) is 0 Å². The van der Waals surface area contributed by atoms with Gasteiger partial charge in [-0.05, 0) is 26.9 Å². The van der Waals surface area contributed by atoms with Gasteiger partial charge < -0.3 is 4.90 Å². The minimum absolute atomic E-state index is 0.512. The Morgan fingerprint density at radius 2 is 1.88 bits per heavy atom. The Morgan fingerprint density at radius 3 is 2.00 bits per heavy atom. The van der Waals surface area contributed by atoms with Crippen LogP contribution >= 0.6 is 0 Å². The maximum absolute atomic E-state index is 12.1. The first kappa shape index (κ1) is 6.02. The molecule has 0 atom stereocenters. The number of halogens is 1. The summed E-state index contributed by atoms with van der Waals surface area (Å²) in [7, 11) is 3.99. The number of hydrogen-bond donors (Lipinski definition) is 0. The lowest BCUT2D eigenvalue weighted by Gasteiger charge is -2.34. The molecule has 2 heteroatoms. The fraction of sp³-hybridized carbons (Fsp3) is 1.00. The summed E-state index contributed by atoms with van der Waals surface area (Å²) in [6.45, 7) is 0. The van der Waals surface area contributed by atoms with Crippen LogP contribution in [0.3, 0.4) is 0 Å². The summed E-state index contributed by atoms with van der Waals surface area (Å²) in [6.07, 6.45) is 0.974. The standard InChI is InChI=1S/C6H12FN/c1-8(2)6-3-5(7)4-6/h5-6H,3-4H2,1-2H3. The third-order valence-electron chi connectivity index (χ3n) is 1.79. The minimum atomic E-state index is -0.512. The van der Waals surface area contributed by atoms with E-state index in [4.69, 9.17) is 0 Å². The highest BCUT2D eigenvalue weighted by Crippen LogP contribution is 2.25. The van der Waals surface area contributed by atoms with Crippen molar-refractivity contribution in [2.75, 3.05) is 14.1 Å². The Bertz CT molecular complexity index is 76.6. The molecule has 0 spiro atoms. The summed E-state index contributed by atoms with van der Waals surface area (Å²) in [6, 6.07) is 0.519. The van der Waals surface area contributed by atoms with E-state index in [1.807, 2.05) is 14.1 Å². The molecular formula is C6H12FN. The van der Waals surface area contributed by atoms with Crippen LogP contribution < -0.4 is 0 Å². The molecule has 0 bridgehead atoms. The molecule has 0 saturated heterocycles. The van der Waals surface area contributed by atoms with Crippen LogP contribution in [0.15, 0.2) is 0 Å². The Hall–Kier alpha value is -0.110. The first-order chi connectivity index (χ1) is 3.70. The largest absolute Gasteiger partial charge is 0.306 e. The molecule has 0 aromatic heterocycles. The molecule has 1 fully saturated rings. The lowest BCUT2D eigenvalue weighted by Crippen LogP contribution is -2.41. The van der Waals surface area contributed by atoms with Crippen LogP contribution in [0.1, 0.15) is 12.8 Å². The van der Waals surface area contributed by atoms with Crippen molar-refractivity contribution >= 4 is 0 Å². The molecule has 1 aliphatic carbocycles. The second-order valence-electron chi connectivity index (χ2n) is 2.69. The summed E-state index contributed by atoms with van der Waals surface area (Å²) in [5.41, 5.74) is 0. The van der Waals surface area contributed by atoms with E-state index in [1.54, 1.807) is 0 Å². The summed E-state index contributed by atoms with van der Waals surface area (Å²) in [4.78, 5) is 2.08. The minimum Gasteiger partial charge on any atom is -0.306 e. The molecule has 8 heavy (non-hydrogen) atoms. The smallest absolute Gasteiger partial charge is 0.103 e. The van der Waals surface area contributed by atoms with Gasteiger partial charge in [-0.15, -0.1) is 0 Å². The molecule has 0 heterocycles. The fourth-order valence-electron chi connectivity index (χ4n) is 0.943. The van der Waals surface area contributed by atoms with Gasteiger partial charge in [-0.2, -0.15) is 0 Å². The third-order valence-corrected chi connectivity index (χ3v) is 1.79. The molecule has 0 amide bonds. The summed E-state index contributed by atoms with van der Waals surface area (Å²) >= 11 is 0. The molecule has 0 aromatic rings. The molecule has 0 aliphatic heterocycles. The van der Waals surface area contributed by atoms with Crippen molar-refractivity contribution in [3.05, 3.63) is 0 Å². The van der Waals surface area contributed by atoms with Gasteiger partial charge in [-0.25, -0.2) is 4.39 Å². The van der Waals surface area contributed by atoms with Crippen LogP contribution in [0.2, 0.25) is 0 Å². The quantitative estimate of drug-likeness (QED) is 0.496. The van der Waals surface area contributed by atoms with E-state index in [0.717, 1.165) is 12.8 Å². The molecule has 48 valence electrons. The average Bonchev–Trinajstić information content (AvgIpc) is 1.57. The van der Waals surface area contributed by atoms with E-state index in [2.05, 4.69) is 4.90 Å². The van der Waals surface area contributed by atoms with Gasteiger partial charge >= 0.3 is 0 Å². The van der Waals surface area contributed by atoms with Crippen LogP contribution in [0.4, 0.5) is 4.39 Å². The Balaban J connectivity index is 2.15. The highest BCUT2D eigenvalue weighted by Gasteiger charge is 2.29. The Labute approximate surface area is 49.5 Å². The highest BCUT2D eigenvalue weighted by atomic mass is 19.1. The van der Waals surface area contributed by atoms with Gasteiger partial charge in [0.05, 0.1) is 0 Å². The second kappa shape index (κ2) is 2.02. The van der Waals surface area contributed by atoms with Gasteiger partial charge in [0.1, 0.15) is 6.17 Å². The zero-order valence-electron chi connectivity index (χ0n) is 5.39. The van der Waals surface area contributed by atoms with Gasteiger partial charge in [-0.3, -0.25) is 0 Å². The first-order valence-corrected chi connectivity index (χ1v) is 3.00. The normalized spacial score (nSPS) is 37.5. The van der Waals surface area contributed by atoms with Crippen molar-refractivity contribution in [2.24, 2.45) is 0 Å². The molecule has 0 aromatic carbocycles. The number of hydrogen-bond acceptors (Lipinski definition) is 1. The van der Waals surface area contributed by atoms with Crippen molar-refractivity contribution in [3.63, 3.8) is 0 Å². The third kappa shape index (κ3) is 0.996. The van der Waals surface area contributed by atoms with Crippen molar-refractivity contribution in [1.29, 1.82) is 0 Å². The predicted molar refractivity (Wildman–Crippen MR) is 31.6 cm³/mol. The molecule has 1 nitrogen and oxygen atoms in total. The van der Waals surface area contributed by atoms with Crippen LogP contribution in [-0.2, 0) is 0 Å². The number of rotatable bonds is 1. The van der Waals surface area contributed by atoms with Crippen molar-refractivity contribution < 1.29 is 4.39 Å². The van der Waals surface area contributed by atoms with Gasteiger partial charge in [0.2, 0.25) is 0 Å². The first-order valence-electron chi connectivity index (χ1n) is 3.00. The zero-order chi connectivity index (χ0) is 6.15. The van der Waals surface area contributed by atoms with Crippen LogP contribution in [-0.4, -0.2) is 31.2 Å². The van der Waals surface area contributed by atoms with E-state index in [-0.39, 0.29) is 0 Å². The van der Waals surface area contributed by atoms with Gasteiger partial charge in [0.25, 0.3) is 0 Å².